The number of hydrogen-bond donors (Lipinski definition) is 0. The third kappa shape index (κ3) is 5.04. The van der Waals surface area contributed by atoms with Gasteiger partial charge in [-0.05, 0) is 48.4 Å². The van der Waals surface area contributed by atoms with Crippen molar-refractivity contribution in [2.45, 2.75) is 13.5 Å². The number of hydrogen-bond acceptors (Lipinski definition) is 8. The summed E-state index contributed by atoms with van der Waals surface area (Å²) < 4.78 is 21.8. The number of aliphatic imine (C=N–C) groups is 1. The second-order valence-electron chi connectivity index (χ2n) is 6.79. The minimum Gasteiger partial charge on any atom is -0.490 e. The lowest BCUT2D eigenvalue weighted by Gasteiger charge is -2.14. The van der Waals surface area contributed by atoms with E-state index >= 15 is 0 Å². The Balaban J connectivity index is 1.59. The van der Waals surface area contributed by atoms with E-state index in [1.807, 2.05) is 0 Å². The van der Waals surface area contributed by atoms with Crippen molar-refractivity contribution in [2.75, 3.05) is 6.61 Å². The van der Waals surface area contributed by atoms with E-state index in [0.29, 0.717) is 29.2 Å². The van der Waals surface area contributed by atoms with Crippen molar-refractivity contribution in [3.63, 3.8) is 0 Å². The van der Waals surface area contributed by atoms with Crippen LogP contribution in [0.15, 0.2) is 69.9 Å². The summed E-state index contributed by atoms with van der Waals surface area (Å²) in [6.45, 7) is 2.19. The Bertz CT molecular complexity index is 1270. The Morgan fingerprint density at radius 3 is 2.76 bits per heavy atom. The molecule has 0 spiro atoms. The number of nitrogens with zero attached hydrogens (tertiary/aromatic N) is 2. The zero-order chi connectivity index (χ0) is 23.4. The number of carbonyl (C=O) groups excluding carboxylic acids is 1. The first-order valence-corrected chi connectivity index (χ1v) is 10.2. The molecule has 33 heavy (non-hydrogen) atoms. The van der Waals surface area contributed by atoms with Gasteiger partial charge in [0.05, 0.1) is 22.8 Å². The summed E-state index contributed by atoms with van der Waals surface area (Å²) in [5.74, 6) is 0.417. The largest absolute Gasteiger partial charge is 0.490 e. The number of nitro groups is 1. The van der Waals surface area contributed by atoms with Gasteiger partial charge in [0.15, 0.2) is 23.0 Å². The van der Waals surface area contributed by atoms with Crippen LogP contribution in [0.3, 0.4) is 0 Å². The highest BCUT2D eigenvalue weighted by molar-refractivity contribution is 6.32. The van der Waals surface area contributed by atoms with Gasteiger partial charge in [-0.2, -0.15) is 0 Å². The molecule has 0 atom stereocenters. The summed E-state index contributed by atoms with van der Waals surface area (Å²) in [7, 11) is 0. The maximum Gasteiger partial charge on any atom is 0.363 e. The molecule has 1 aliphatic heterocycles. The topological polar surface area (TPSA) is 113 Å². The van der Waals surface area contributed by atoms with Gasteiger partial charge in [0, 0.05) is 12.1 Å². The van der Waals surface area contributed by atoms with Crippen molar-refractivity contribution in [3.8, 4) is 11.5 Å². The first-order valence-electron chi connectivity index (χ1n) is 9.83. The zero-order valence-corrected chi connectivity index (χ0v) is 18.1. The lowest BCUT2D eigenvalue weighted by Crippen LogP contribution is -2.04. The third-order valence-electron chi connectivity index (χ3n) is 4.49. The minimum absolute atomic E-state index is 0.0351. The number of non-ortho nitro benzene ring substituents is 1. The Morgan fingerprint density at radius 2 is 2.03 bits per heavy atom. The number of esters is 1. The SMILES string of the molecule is CCOc1cc(/C=C2\N=C(c3ccco3)OC2=O)cc(Cl)c1OCc1cccc([N+](=O)[O-])c1. The van der Waals surface area contributed by atoms with Crippen LogP contribution in [0, 0.1) is 10.1 Å². The molecule has 168 valence electrons. The number of carbonyl (C=O) groups is 1. The highest BCUT2D eigenvalue weighted by Gasteiger charge is 2.26. The van der Waals surface area contributed by atoms with Crippen LogP contribution in [-0.2, 0) is 16.1 Å². The fourth-order valence-electron chi connectivity index (χ4n) is 3.06. The second kappa shape index (κ2) is 9.58. The van der Waals surface area contributed by atoms with Crippen molar-refractivity contribution in [1.29, 1.82) is 0 Å². The molecular formula is C23H17ClN2O7. The van der Waals surface area contributed by atoms with Crippen LogP contribution in [0.2, 0.25) is 5.02 Å². The molecule has 1 aromatic heterocycles. The standard InChI is InChI=1S/C23H17ClN2O7/c1-2-30-20-12-15(11-18-23(27)33-22(25-18)19-7-4-8-31-19)10-17(24)21(20)32-13-14-5-3-6-16(9-14)26(28)29/h3-12H,2,13H2,1H3/b18-11-. The van der Waals surface area contributed by atoms with Gasteiger partial charge in [0.1, 0.15) is 6.61 Å². The van der Waals surface area contributed by atoms with E-state index in [4.69, 9.17) is 30.2 Å². The van der Waals surface area contributed by atoms with Gasteiger partial charge in [-0.3, -0.25) is 10.1 Å². The molecule has 3 aromatic rings. The predicted molar refractivity (Wildman–Crippen MR) is 119 cm³/mol. The van der Waals surface area contributed by atoms with Gasteiger partial charge in [0.2, 0.25) is 0 Å². The van der Waals surface area contributed by atoms with Crippen LogP contribution in [0.4, 0.5) is 5.69 Å². The summed E-state index contributed by atoms with van der Waals surface area (Å²) in [5.41, 5.74) is 1.18. The van der Waals surface area contributed by atoms with Crippen molar-refractivity contribution in [1.82, 2.24) is 0 Å². The maximum atomic E-state index is 12.2. The Hall–Kier alpha value is -4.11. The maximum absolute atomic E-state index is 12.2. The first-order chi connectivity index (χ1) is 15.9. The Kier molecular flexibility index (Phi) is 6.41. The Morgan fingerprint density at radius 1 is 1.18 bits per heavy atom. The molecular weight excluding hydrogens is 452 g/mol. The average molecular weight is 469 g/mol. The van der Waals surface area contributed by atoms with Gasteiger partial charge < -0.3 is 18.6 Å². The van der Waals surface area contributed by atoms with E-state index in [1.165, 1.54) is 24.5 Å². The van der Waals surface area contributed by atoms with E-state index < -0.39 is 10.9 Å². The number of rotatable bonds is 8. The molecule has 0 saturated carbocycles. The lowest BCUT2D eigenvalue weighted by molar-refractivity contribution is -0.384. The highest BCUT2D eigenvalue weighted by Crippen LogP contribution is 2.38. The number of furan rings is 1. The molecule has 0 aliphatic carbocycles. The molecule has 0 unspecified atom stereocenters. The molecule has 0 N–H and O–H groups in total. The molecule has 0 bridgehead atoms. The molecule has 9 nitrogen and oxygen atoms in total. The van der Waals surface area contributed by atoms with E-state index in [9.17, 15) is 14.9 Å². The predicted octanol–water partition coefficient (Wildman–Crippen LogP) is 5.16. The summed E-state index contributed by atoms with van der Waals surface area (Å²) in [6.07, 6.45) is 2.96. The average Bonchev–Trinajstić information content (AvgIpc) is 3.44. The number of halogens is 1. The van der Waals surface area contributed by atoms with Crippen LogP contribution in [0.5, 0.6) is 11.5 Å². The monoisotopic (exact) mass is 468 g/mol. The number of benzene rings is 2. The van der Waals surface area contributed by atoms with E-state index in [2.05, 4.69) is 4.99 Å². The summed E-state index contributed by atoms with van der Waals surface area (Å²) in [6, 6.07) is 12.6. The number of cyclic esters (lactones) is 1. The quantitative estimate of drug-likeness (QED) is 0.194. The van der Waals surface area contributed by atoms with Crippen molar-refractivity contribution in [2.24, 2.45) is 4.99 Å². The van der Waals surface area contributed by atoms with Crippen molar-refractivity contribution < 1.29 is 28.3 Å². The first kappa shape index (κ1) is 22.1. The van der Waals surface area contributed by atoms with Crippen LogP contribution in [-0.4, -0.2) is 23.4 Å². The number of ether oxygens (including phenoxy) is 3. The molecule has 0 amide bonds. The third-order valence-corrected chi connectivity index (χ3v) is 4.77. The van der Waals surface area contributed by atoms with Gasteiger partial charge in [-0.25, -0.2) is 9.79 Å². The summed E-state index contributed by atoms with van der Waals surface area (Å²) in [5, 5.41) is 11.2. The van der Waals surface area contributed by atoms with E-state index in [0.717, 1.165) is 0 Å². The van der Waals surface area contributed by atoms with Crippen LogP contribution in [0.25, 0.3) is 6.08 Å². The van der Waals surface area contributed by atoms with Crippen molar-refractivity contribution >= 4 is 35.2 Å². The van der Waals surface area contributed by atoms with Crippen LogP contribution >= 0.6 is 11.6 Å². The molecule has 10 heteroatoms. The molecule has 0 fully saturated rings. The van der Waals surface area contributed by atoms with Crippen molar-refractivity contribution in [3.05, 3.63) is 92.5 Å². The normalized spacial score (nSPS) is 14.2. The van der Waals surface area contributed by atoms with Gasteiger partial charge >= 0.3 is 5.97 Å². The lowest BCUT2D eigenvalue weighted by atomic mass is 10.1. The molecule has 0 saturated heterocycles. The second-order valence-corrected chi connectivity index (χ2v) is 7.20. The molecule has 2 heterocycles. The van der Waals surface area contributed by atoms with Gasteiger partial charge in [-0.15, -0.1) is 0 Å². The summed E-state index contributed by atoms with van der Waals surface area (Å²) in [4.78, 5) is 26.9. The molecule has 0 radical (unpaired) electrons. The minimum atomic E-state index is -0.624. The van der Waals surface area contributed by atoms with E-state index in [-0.39, 0.29) is 34.7 Å². The smallest absolute Gasteiger partial charge is 0.363 e. The van der Waals surface area contributed by atoms with Crippen LogP contribution < -0.4 is 9.47 Å². The fraction of sp³-hybridized carbons (Fsp3) is 0.130. The zero-order valence-electron chi connectivity index (χ0n) is 17.3. The molecule has 4 rings (SSSR count). The van der Waals surface area contributed by atoms with Crippen LogP contribution in [0.1, 0.15) is 23.8 Å². The summed E-state index contributed by atoms with van der Waals surface area (Å²) >= 11 is 6.44. The van der Waals surface area contributed by atoms with Gasteiger partial charge in [-0.1, -0.05) is 23.7 Å². The highest BCUT2D eigenvalue weighted by atomic mass is 35.5. The fourth-order valence-corrected chi connectivity index (χ4v) is 3.34. The molecule has 2 aromatic carbocycles. The Labute approximate surface area is 193 Å². The molecule has 1 aliphatic rings. The van der Waals surface area contributed by atoms with E-state index in [1.54, 1.807) is 43.3 Å². The van der Waals surface area contributed by atoms with Gasteiger partial charge in [0.25, 0.3) is 11.6 Å². The number of nitro benzene ring substituents is 1.